The van der Waals surface area contributed by atoms with Gasteiger partial charge in [-0.1, -0.05) is 42.5 Å². The fraction of sp³-hybridized carbons (Fsp3) is 0.353. The van der Waals surface area contributed by atoms with Crippen LogP contribution < -0.4 is 0 Å². The molecule has 2 aromatic rings. The van der Waals surface area contributed by atoms with Gasteiger partial charge in [0.25, 0.3) is 0 Å². The Morgan fingerprint density at radius 3 is 2.60 bits per heavy atom. The highest BCUT2D eigenvalue weighted by molar-refractivity contribution is 5.85. The summed E-state index contributed by atoms with van der Waals surface area (Å²) in [6.45, 7) is 2.33. The van der Waals surface area contributed by atoms with Crippen LogP contribution in [0.4, 0.5) is 0 Å². The van der Waals surface area contributed by atoms with Crippen molar-refractivity contribution in [2.45, 2.75) is 25.9 Å². The van der Waals surface area contributed by atoms with Crippen LogP contribution in [0.3, 0.4) is 0 Å². The molecule has 1 atom stereocenters. The lowest BCUT2D eigenvalue weighted by atomic mass is 10.0. The minimum atomic E-state index is -0.370. The second kappa shape index (κ2) is 6.53. The Bertz CT molecular complexity index is 592. The lowest BCUT2D eigenvalue weighted by Crippen LogP contribution is -2.30. The minimum Gasteiger partial charge on any atom is -0.393 e. The quantitative estimate of drug-likeness (QED) is 0.908. The molecule has 0 heterocycles. The van der Waals surface area contributed by atoms with Crippen molar-refractivity contribution in [3.63, 3.8) is 0 Å². The molecule has 0 radical (unpaired) electrons. The summed E-state index contributed by atoms with van der Waals surface area (Å²) in [5, 5.41) is 11.6. The lowest BCUT2D eigenvalue weighted by Gasteiger charge is -2.18. The summed E-state index contributed by atoms with van der Waals surface area (Å²) in [5.41, 5.74) is 1.03. The molecular weight excluding hydrogens is 250 g/mol. The first-order valence-electron chi connectivity index (χ1n) is 6.96. The topological polar surface area (TPSA) is 40.5 Å². The van der Waals surface area contributed by atoms with Gasteiger partial charge in [0, 0.05) is 13.6 Å². The van der Waals surface area contributed by atoms with E-state index in [1.165, 1.54) is 5.39 Å². The molecule has 0 bridgehead atoms. The van der Waals surface area contributed by atoms with Gasteiger partial charge in [-0.3, -0.25) is 4.79 Å². The number of fused-ring (bicyclic) bond motifs is 1. The number of hydrogen-bond acceptors (Lipinski definition) is 2. The van der Waals surface area contributed by atoms with E-state index in [2.05, 4.69) is 18.2 Å². The van der Waals surface area contributed by atoms with E-state index in [1.54, 1.807) is 18.9 Å². The Balaban J connectivity index is 2.02. The molecule has 2 aromatic carbocycles. The van der Waals surface area contributed by atoms with E-state index < -0.39 is 0 Å². The van der Waals surface area contributed by atoms with E-state index >= 15 is 0 Å². The fourth-order valence-corrected chi connectivity index (χ4v) is 2.16. The molecule has 20 heavy (non-hydrogen) atoms. The van der Waals surface area contributed by atoms with Crippen LogP contribution >= 0.6 is 0 Å². The monoisotopic (exact) mass is 271 g/mol. The minimum absolute atomic E-state index is 0.0842. The van der Waals surface area contributed by atoms with Gasteiger partial charge in [-0.2, -0.15) is 0 Å². The molecule has 0 aliphatic rings. The van der Waals surface area contributed by atoms with E-state index in [4.69, 9.17) is 0 Å². The van der Waals surface area contributed by atoms with E-state index in [9.17, 15) is 9.90 Å². The van der Waals surface area contributed by atoms with Crippen LogP contribution in [0.5, 0.6) is 0 Å². The van der Waals surface area contributed by atoms with Gasteiger partial charge in [0.15, 0.2) is 0 Å². The zero-order valence-corrected chi connectivity index (χ0v) is 12.0. The van der Waals surface area contributed by atoms with Crippen LogP contribution in [0.15, 0.2) is 42.5 Å². The summed E-state index contributed by atoms with van der Waals surface area (Å²) in [6.07, 6.45) is 0.645. The summed E-state index contributed by atoms with van der Waals surface area (Å²) in [4.78, 5) is 13.8. The highest BCUT2D eigenvalue weighted by atomic mass is 16.3. The van der Waals surface area contributed by atoms with E-state index in [-0.39, 0.29) is 12.0 Å². The summed E-state index contributed by atoms with van der Waals surface area (Å²) in [6, 6.07) is 14.3. The predicted octanol–water partition coefficient (Wildman–Crippen LogP) is 2.61. The second-order valence-corrected chi connectivity index (χ2v) is 5.31. The molecule has 0 spiro atoms. The van der Waals surface area contributed by atoms with Gasteiger partial charge in [0.1, 0.15) is 0 Å². The number of likely N-dealkylation sites (N-methyl/N-ethyl adjacent to an activating group) is 1. The zero-order valence-electron chi connectivity index (χ0n) is 12.0. The van der Waals surface area contributed by atoms with Gasteiger partial charge >= 0.3 is 0 Å². The van der Waals surface area contributed by atoms with Gasteiger partial charge in [-0.25, -0.2) is 0 Å². The smallest absolute Gasteiger partial charge is 0.226 e. The summed E-state index contributed by atoms with van der Waals surface area (Å²) in [7, 11) is 1.78. The Hall–Kier alpha value is -1.87. The SMILES string of the molecule is CC(O)CCN(C)C(=O)Cc1ccc2ccccc2c1. The van der Waals surface area contributed by atoms with Crippen LogP contribution in [0.1, 0.15) is 18.9 Å². The first kappa shape index (κ1) is 14.5. The summed E-state index contributed by atoms with van der Waals surface area (Å²) < 4.78 is 0. The van der Waals surface area contributed by atoms with Crippen molar-refractivity contribution in [3.05, 3.63) is 48.0 Å². The Morgan fingerprint density at radius 2 is 1.90 bits per heavy atom. The molecule has 3 nitrogen and oxygen atoms in total. The third kappa shape index (κ3) is 3.81. The molecule has 1 unspecified atom stereocenters. The molecule has 0 saturated carbocycles. The van der Waals surface area contributed by atoms with Gasteiger partial charge in [0.05, 0.1) is 12.5 Å². The highest BCUT2D eigenvalue weighted by Gasteiger charge is 2.10. The van der Waals surface area contributed by atoms with Crippen molar-refractivity contribution in [1.29, 1.82) is 0 Å². The highest BCUT2D eigenvalue weighted by Crippen LogP contribution is 2.16. The van der Waals surface area contributed by atoms with Crippen molar-refractivity contribution >= 4 is 16.7 Å². The molecule has 1 amide bonds. The van der Waals surface area contributed by atoms with Crippen LogP contribution in [0.25, 0.3) is 10.8 Å². The molecule has 0 saturated heterocycles. The Morgan fingerprint density at radius 1 is 1.20 bits per heavy atom. The first-order chi connectivity index (χ1) is 9.56. The lowest BCUT2D eigenvalue weighted by molar-refractivity contribution is -0.129. The normalized spacial score (nSPS) is 12.3. The molecule has 0 aliphatic heterocycles. The van der Waals surface area contributed by atoms with Gasteiger partial charge in [-0.15, -0.1) is 0 Å². The number of hydrogen-bond donors (Lipinski definition) is 1. The summed E-state index contributed by atoms with van der Waals surface area (Å²) >= 11 is 0. The molecule has 1 N–H and O–H groups in total. The molecule has 0 fully saturated rings. The zero-order chi connectivity index (χ0) is 14.5. The van der Waals surface area contributed by atoms with Crippen molar-refractivity contribution in [1.82, 2.24) is 4.90 Å². The average Bonchev–Trinajstić information content (AvgIpc) is 2.44. The summed E-state index contributed by atoms with van der Waals surface area (Å²) in [5.74, 6) is 0.0842. The molecular formula is C17H21NO2. The third-order valence-corrected chi connectivity index (χ3v) is 3.48. The van der Waals surface area contributed by atoms with Gasteiger partial charge in [-0.05, 0) is 29.7 Å². The molecule has 0 aliphatic carbocycles. The third-order valence-electron chi connectivity index (χ3n) is 3.48. The van der Waals surface area contributed by atoms with Gasteiger partial charge < -0.3 is 10.0 Å². The first-order valence-corrected chi connectivity index (χ1v) is 6.96. The number of benzene rings is 2. The number of carbonyl (C=O) groups excluding carboxylic acids is 1. The van der Waals surface area contributed by atoms with Crippen molar-refractivity contribution in [3.8, 4) is 0 Å². The van der Waals surface area contributed by atoms with Crippen molar-refractivity contribution < 1.29 is 9.90 Å². The Labute approximate surface area is 119 Å². The number of rotatable bonds is 5. The molecule has 3 heteroatoms. The number of aliphatic hydroxyl groups is 1. The van der Waals surface area contributed by atoms with E-state index in [0.717, 1.165) is 10.9 Å². The Kier molecular flexibility index (Phi) is 4.74. The maximum atomic E-state index is 12.1. The van der Waals surface area contributed by atoms with Crippen molar-refractivity contribution in [2.24, 2.45) is 0 Å². The standard InChI is InChI=1S/C17H21NO2/c1-13(19)9-10-18(2)17(20)12-14-7-8-15-5-3-4-6-16(15)11-14/h3-8,11,13,19H,9-10,12H2,1-2H3. The van der Waals surface area contributed by atoms with Crippen LogP contribution in [-0.4, -0.2) is 35.6 Å². The number of aliphatic hydroxyl groups excluding tert-OH is 1. The van der Waals surface area contributed by atoms with Crippen molar-refractivity contribution in [2.75, 3.05) is 13.6 Å². The van der Waals surface area contributed by atoms with Crippen LogP contribution in [0, 0.1) is 0 Å². The molecule has 0 aromatic heterocycles. The van der Waals surface area contributed by atoms with Crippen LogP contribution in [-0.2, 0) is 11.2 Å². The average molecular weight is 271 g/mol. The maximum absolute atomic E-state index is 12.1. The number of amides is 1. The number of carbonyl (C=O) groups is 1. The molecule has 2 rings (SSSR count). The van der Waals surface area contributed by atoms with Crippen LogP contribution in [0.2, 0.25) is 0 Å². The molecule has 106 valence electrons. The number of nitrogens with zero attached hydrogens (tertiary/aromatic N) is 1. The predicted molar refractivity (Wildman–Crippen MR) is 81.6 cm³/mol. The van der Waals surface area contributed by atoms with E-state index in [1.807, 2.05) is 24.3 Å². The van der Waals surface area contributed by atoms with Gasteiger partial charge in [0.2, 0.25) is 5.91 Å². The second-order valence-electron chi connectivity index (χ2n) is 5.31. The fourth-order valence-electron chi connectivity index (χ4n) is 2.16. The largest absolute Gasteiger partial charge is 0.393 e. The maximum Gasteiger partial charge on any atom is 0.226 e. The van der Waals surface area contributed by atoms with E-state index in [0.29, 0.717) is 19.4 Å².